The third-order valence-electron chi connectivity index (χ3n) is 3.11. The van der Waals surface area contributed by atoms with Crippen molar-refractivity contribution in [2.45, 2.75) is 13.0 Å². The van der Waals surface area contributed by atoms with Gasteiger partial charge in [0.1, 0.15) is 0 Å². The van der Waals surface area contributed by atoms with E-state index in [0.29, 0.717) is 5.56 Å². The maximum absolute atomic E-state index is 13.8. The SMILES string of the molecule is CC(Nc1cccc2c1N=[Se]=N2)c1ccc(O)cc1F. The van der Waals surface area contributed by atoms with E-state index in [2.05, 4.69) is 13.2 Å². The number of phenolic OH excluding ortho intramolecular Hbond substituents is 1. The Morgan fingerprint density at radius 2 is 2.10 bits per heavy atom. The van der Waals surface area contributed by atoms with E-state index < -0.39 is 5.82 Å². The predicted molar refractivity (Wildman–Crippen MR) is 76.5 cm³/mol. The van der Waals surface area contributed by atoms with E-state index >= 15 is 0 Å². The summed E-state index contributed by atoms with van der Waals surface area (Å²) in [5.41, 5.74) is 3.08. The Bertz CT molecular complexity index is 741. The van der Waals surface area contributed by atoms with Crippen LogP contribution in [0, 0.1) is 5.82 Å². The van der Waals surface area contributed by atoms with Gasteiger partial charge in [-0.3, -0.25) is 0 Å². The fourth-order valence-electron chi connectivity index (χ4n) is 2.10. The molecule has 1 heterocycles. The molecule has 2 aromatic rings. The van der Waals surface area contributed by atoms with Crippen molar-refractivity contribution in [3.8, 4) is 5.75 Å². The van der Waals surface area contributed by atoms with Crippen molar-refractivity contribution >= 4 is 31.6 Å². The minimum atomic E-state index is -0.427. The number of fused-ring (bicyclic) bond motifs is 1. The van der Waals surface area contributed by atoms with Gasteiger partial charge in [0.25, 0.3) is 0 Å². The van der Waals surface area contributed by atoms with Crippen LogP contribution in [0.15, 0.2) is 44.3 Å². The fourth-order valence-corrected chi connectivity index (χ4v) is 3.25. The second-order valence-corrected chi connectivity index (χ2v) is 5.62. The van der Waals surface area contributed by atoms with Gasteiger partial charge in [0.2, 0.25) is 0 Å². The number of anilines is 1. The standard InChI is InChI=1S/C14H12FN3OSe/c1-8(10-6-5-9(19)7-11(10)15)16-12-3-2-4-13-14(12)18-20-17-13/h2-8,16,19H,1H3. The molecule has 6 heteroatoms. The zero-order valence-electron chi connectivity index (χ0n) is 10.7. The average molecular weight is 336 g/mol. The molecule has 0 aromatic heterocycles. The minimum absolute atomic E-state index is 0.0736. The molecule has 3 rings (SSSR count). The number of nitrogens with one attached hydrogen (secondary N) is 1. The third-order valence-corrected chi connectivity index (χ3v) is 4.25. The normalized spacial score (nSPS) is 13.7. The van der Waals surface area contributed by atoms with E-state index in [-0.39, 0.29) is 26.4 Å². The number of phenols is 1. The molecule has 0 radical (unpaired) electrons. The Balaban J connectivity index is 1.88. The van der Waals surface area contributed by atoms with E-state index in [4.69, 9.17) is 0 Å². The van der Waals surface area contributed by atoms with Gasteiger partial charge in [0.05, 0.1) is 0 Å². The zero-order chi connectivity index (χ0) is 14.1. The van der Waals surface area contributed by atoms with Crippen molar-refractivity contribution < 1.29 is 9.50 Å². The van der Waals surface area contributed by atoms with Gasteiger partial charge in [-0.2, -0.15) is 0 Å². The quantitative estimate of drug-likeness (QED) is 0.709. The van der Waals surface area contributed by atoms with Gasteiger partial charge in [0, 0.05) is 0 Å². The van der Waals surface area contributed by atoms with Crippen LogP contribution in [0.2, 0.25) is 0 Å². The molecule has 0 saturated carbocycles. The molecule has 0 amide bonds. The summed E-state index contributed by atoms with van der Waals surface area (Å²) in [5, 5.41) is 12.5. The topological polar surface area (TPSA) is 57.0 Å². The first kappa shape index (κ1) is 13.1. The molecule has 1 unspecified atom stereocenters. The summed E-state index contributed by atoms with van der Waals surface area (Å²) in [4.78, 5) is 0. The van der Waals surface area contributed by atoms with Crippen LogP contribution in [0.3, 0.4) is 0 Å². The van der Waals surface area contributed by atoms with Crippen molar-refractivity contribution in [2.24, 2.45) is 7.92 Å². The molecular formula is C14H12FN3OSe. The molecule has 20 heavy (non-hydrogen) atoms. The Hall–Kier alpha value is -1.91. The van der Waals surface area contributed by atoms with Gasteiger partial charge >= 0.3 is 121 Å². The number of aromatic hydroxyl groups is 1. The van der Waals surface area contributed by atoms with Crippen molar-refractivity contribution in [3.63, 3.8) is 0 Å². The van der Waals surface area contributed by atoms with E-state index in [9.17, 15) is 9.50 Å². The summed E-state index contributed by atoms with van der Waals surface area (Å²) in [6.45, 7) is 1.87. The maximum atomic E-state index is 13.8. The summed E-state index contributed by atoms with van der Waals surface area (Å²) < 4.78 is 22.5. The van der Waals surface area contributed by atoms with Crippen LogP contribution < -0.4 is 5.32 Å². The van der Waals surface area contributed by atoms with E-state index in [0.717, 1.165) is 23.1 Å². The molecule has 2 aromatic carbocycles. The Morgan fingerprint density at radius 3 is 2.90 bits per heavy atom. The van der Waals surface area contributed by atoms with Crippen molar-refractivity contribution in [1.82, 2.24) is 0 Å². The van der Waals surface area contributed by atoms with Crippen LogP contribution in [0.4, 0.5) is 21.5 Å². The first-order valence-corrected chi connectivity index (χ1v) is 7.64. The van der Waals surface area contributed by atoms with Gasteiger partial charge < -0.3 is 0 Å². The van der Waals surface area contributed by atoms with Gasteiger partial charge in [-0.1, -0.05) is 0 Å². The Morgan fingerprint density at radius 1 is 1.25 bits per heavy atom. The first-order chi connectivity index (χ1) is 9.65. The molecule has 1 atom stereocenters. The number of hydrogen-bond acceptors (Lipinski definition) is 4. The van der Waals surface area contributed by atoms with Gasteiger partial charge in [0.15, 0.2) is 0 Å². The molecule has 2 N–H and O–H groups in total. The third kappa shape index (κ3) is 2.40. The number of benzene rings is 2. The van der Waals surface area contributed by atoms with Crippen LogP contribution in [0.1, 0.15) is 18.5 Å². The molecule has 0 aliphatic carbocycles. The van der Waals surface area contributed by atoms with Crippen molar-refractivity contribution in [1.29, 1.82) is 0 Å². The predicted octanol–water partition coefficient (Wildman–Crippen LogP) is 4.05. The van der Waals surface area contributed by atoms with Crippen LogP contribution in [0.5, 0.6) is 5.75 Å². The van der Waals surface area contributed by atoms with E-state index in [1.807, 2.05) is 25.1 Å². The number of rotatable bonds is 3. The summed E-state index contributed by atoms with van der Waals surface area (Å²) in [6, 6.07) is 9.68. The number of halogens is 1. The van der Waals surface area contributed by atoms with Gasteiger partial charge in [-0.25, -0.2) is 0 Å². The molecule has 0 fully saturated rings. The van der Waals surface area contributed by atoms with E-state index in [1.54, 1.807) is 6.07 Å². The molecule has 1 aliphatic rings. The molecule has 1 aliphatic heterocycles. The number of nitrogens with zero attached hydrogens (tertiary/aromatic N) is 2. The summed E-state index contributed by atoms with van der Waals surface area (Å²) in [5.74, 6) is -0.501. The summed E-state index contributed by atoms with van der Waals surface area (Å²) >= 11 is -0.0901. The Labute approximate surface area is 121 Å². The second-order valence-electron chi connectivity index (χ2n) is 4.51. The van der Waals surface area contributed by atoms with Crippen LogP contribution in [-0.2, 0) is 0 Å². The van der Waals surface area contributed by atoms with Gasteiger partial charge in [-0.15, -0.1) is 0 Å². The van der Waals surface area contributed by atoms with Crippen LogP contribution in [-0.4, -0.2) is 19.7 Å². The molecule has 102 valence electrons. The van der Waals surface area contributed by atoms with Crippen LogP contribution >= 0.6 is 0 Å². The molecule has 0 spiro atoms. The monoisotopic (exact) mass is 337 g/mol. The fraction of sp³-hybridized carbons (Fsp3) is 0.143. The van der Waals surface area contributed by atoms with Crippen molar-refractivity contribution in [2.75, 3.05) is 5.32 Å². The summed E-state index contributed by atoms with van der Waals surface area (Å²) in [6.07, 6.45) is 0. The van der Waals surface area contributed by atoms with Crippen LogP contribution in [0.25, 0.3) is 0 Å². The molecule has 0 saturated heterocycles. The van der Waals surface area contributed by atoms with E-state index in [1.165, 1.54) is 6.07 Å². The van der Waals surface area contributed by atoms with Crippen molar-refractivity contribution in [3.05, 3.63) is 47.8 Å². The molecule has 0 bridgehead atoms. The number of hydrogen-bond donors (Lipinski definition) is 2. The zero-order valence-corrected chi connectivity index (χ0v) is 12.4. The Kier molecular flexibility index (Phi) is 3.42. The summed E-state index contributed by atoms with van der Waals surface area (Å²) in [7, 11) is 0. The molecular weight excluding hydrogens is 324 g/mol. The first-order valence-electron chi connectivity index (χ1n) is 6.11. The second kappa shape index (κ2) is 5.23. The average Bonchev–Trinajstić information content (AvgIpc) is 2.87. The molecule has 4 nitrogen and oxygen atoms in total. The van der Waals surface area contributed by atoms with Gasteiger partial charge in [-0.05, 0) is 0 Å².